The highest BCUT2D eigenvalue weighted by Gasteiger charge is 2.39. The van der Waals surface area contributed by atoms with Gasteiger partial charge in [0.15, 0.2) is 0 Å². The Balaban J connectivity index is 1.49. The number of nitrogens with one attached hydrogen (secondary N) is 2. The van der Waals surface area contributed by atoms with Crippen LogP contribution in [0.3, 0.4) is 0 Å². The fraction of sp³-hybridized carbons (Fsp3) is 0.300. The van der Waals surface area contributed by atoms with Crippen molar-refractivity contribution in [2.24, 2.45) is 5.92 Å². The lowest BCUT2D eigenvalue weighted by Crippen LogP contribution is -2.31. The van der Waals surface area contributed by atoms with E-state index in [-0.39, 0.29) is 11.9 Å². The molecule has 0 fully saturated rings. The second-order valence-electron chi connectivity index (χ2n) is 9.82. The Hall–Kier alpha value is -3.33. The van der Waals surface area contributed by atoms with Crippen LogP contribution >= 0.6 is 0 Å². The van der Waals surface area contributed by atoms with E-state index in [9.17, 15) is 4.79 Å². The molecule has 3 nitrogen and oxygen atoms in total. The van der Waals surface area contributed by atoms with E-state index >= 15 is 0 Å². The lowest BCUT2D eigenvalue weighted by atomic mass is 9.76. The SMILES string of the molecule is Cc1ccc(NC(=O)c2cccc3c2NC(c2ccc(C(C)C)cc2)C2CC=CC32)cc1C. The van der Waals surface area contributed by atoms with Crippen molar-refractivity contribution in [3.63, 3.8) is 0 Å². The van der Waals surface area contributed by atoms with Crippen molar-refractivity contribution in [1.29, 1.82) is 0 Å². The number of hydrogen-bond acceptors (Lipinski definition) is 2. The number of para-hydroxylation sites is 1. The molecule has 3 unspecified atom stereocenters. The van der Waals surface area contributed by atoms with Crippen LogP contribution in [0.25, 0.3) is 0 Å². The van der Waals surface area contributed by atoms with E-state index in [0.717, 1.165) is 17.8 Å². The summed E-state index contributed by atoms with van der Waals surface area (Å²) in [6, 6.07) is 21.3. The van der Waals surface area contributed by atoms with Gasteiger partial charge in [-0.15, -0.1) is 0 Å². The third-order valence-corrected chi connectivity index (χ3v) is 7.37. The third kappa shape index (κ3) is 3.97. The molecule has 1 amide bonds. The topological polar surface area (TPSA) is 41.1 Å². The first-order valence-electron chi connectivity index (χ1n) is 12.0. The minimum absolute atomic E-state index is 0.0723. The second-order valence-corrected chi connectivity index (χ2v) is 9.82. The van der Waals surface area contributed by atoms with Crippen molar-refractivity contribution in [2.45, 2.75) is 52.0 Å². The largest absolute Gasteiger partial charge is 0.377 e. The number of rotatable bonds is 4. The van der Waals surface area contributed by atoms with Crippen LogP contribution in [0.15, 0.2) is 72.8 Å². The monoisotopic (exact) mass is 436 g/mol. The molecule has 1 aliphatic heterocycles. The number of hydrogen-bond donors (Lipinski definition) is 2. The van der Waals surface area contributed by atoms with Gasteiger partial charge in [-0.3, -0.25) is 4.79 Å². The molecule has 5 rings (SSSR count). The van der Waals surface area contributed by atoms with E-state index in [1.165, 1.54) is 27.8 Å². The first-order chi connectivity index (χ1) is 15.9. The molecule has 0 bridgehead atoms. The maximum absolute atomic E-state index is 13.4. The number of amides is 1. The highest BCUT2D eigenvalue weighted by Crippen LogP contribution is 2.50. The van der Waals surface area contributed by atoms with Crippen molar-refractivity contribution < 1.29 is 4.79 Å². The van der Waals surface area contributed by atoms with Gasteiger partial charge in [0.2, 0.25) is 0 Å². The van der Waals surface area contributed by atoms with Crippen LogP contribution in [0.1, 0.15) is 76.3 Å². The first kappa shape index (κ1) is 21.5. The minimum atomic E-state index is -0.0723. The van der Waals surface area contributed by atoms with Crippen LogP contribution in [-0.4, -0.2) is 5.91 Å². The highest BCUT2D eigenvalue weighted by atomic mass is 16.1. The molecule has 168 valence electrons. The van der Waals surface area contributed by atoms with E-state index in [1.807, 2.05) is 24.3 Å². The van der Waals surface area contributed by atoms with Gasteiger partial charge < -0.3 is 10.6 Å². The summed E-state index contributed by atoms with van der Waals surface area (Å²) in [5.41, 5.74) is 8.74. The Morgan fingerprint density at radius 1 is 1.00 bits per heavy atom. The van der Waals surface area contributed by atoms with Gasteiger partial charge in [0.05, 0.1) is 17.3 Å². The number of fused-ring (bicyclic) bond motifs is 3. The number of anilines is 2. The summed E-state index contributed by atoms with van der Waals surface area (Å²) < 4.78 is 0. The molecule has 33 heavy (non-hydrogen) atoms. The van der Waals surface area contributed by atoms with Gasteiger partial charge in [-0.25, -0.2) is 0 Å². The zero-order valence-corrected chi connectivity index (χ0v) is 19.9. The molecule has 0 spiro atoms. The average molecular weight is 437 g/mol. The standard InChI is InChI=1S/C30H32N2O/c1-18(2)21-12-14-22(15-13-21)28-25-8-5-7-24(25)26-9-6-10-27(29(26)32-28)30(33)31-23-16-11-19(3)20(4)17-23/h5-7,9-18,24-25,28,32H,8H2,1-4H3,(H,31,33). The van der Waals surface area contributed by atoms with Crippen LogP contribution in [0.2, 0.25) is 0 Å². The van der Waals surface area contributed by atoms with Gasteiger partial charge in [-0.1, -0.05) is 68.5 Å². The van der Waals surface area contributed by atoms with Crippen molar-refractivity contribution in [2.75, 3.05) is 10.6 Å². The molecule has 0 aromatic heterocycles. The fourth-order valence-electron chi connectivity index (χ4n) is 5.25. The molecule has 2 aliphatic rings. The van der Waals surface area contributed by atoms with Gasteiger partial charge in [-0.05, 0) is 78.1 Å². The van der Waals surface area contributed by atoms with Crippen LogP contribution in [0.4, 0.5) is 11.4 Å². The highest BCUT2D eigenvalue weighted by molar-refractivity contribution is 6.08. The molecular formula is C30H32N2O. The molecule has 1 heterocycles. The molecule has 0 radical (unpaired) electrons. The van der Waals surface area contributed by atoms with Gasteiger partial charge in [0, 0.05) is 11.6 Å². The number of allylic oxidation sites excluding steroid dienone is 2. The number of benzene rings is 3. The molecule has 0 saturated heterocycles. The first-order valence-corrected chi connectivity index (χ1v) is 12.0. The predicted octanol–water partition coefficient (Wildman–Crippen LogP) is 7.51. The van der Waals surface area contributed by atoms with Crippen LogP contribution in [0, 0.1) is 19.8 Å². The Kier molecular flexibility index (Phi) is 5.57. The van der Waals surface area contributed by atoms with Crippen LogP contribution in [0.5, 0.6) is 0 Å². The molecule has 0 saturated carbocycles. The smallest absolute Gasteiger partial charge is 0.257 e. The molecule has 3 heteroatoms. The number of carbonyl (C=O) groups excluding carboxylic acids is 1. The Labute approximate surface area is 196 Å². The van der Waals surface area contributed by atoms with Crippen molar-refractivity contribution >= 4 is 17.3 Å². The number of aryl methyl sites for hydroxylation is 2. The van der Waals surface area contributed by atoms with E-state index < -0.39 is 0 Å². The normalized spacial score (nSPS) is 20.8. The zero-order valence-electron chi connectivity index (χ0n) is 19.9. The summed E-state index contributed by atoms with van der Waals surface area (Å²) in [6.45, 7) is 8.60. The molecular weight excluding hydrogens is 404 g/mol. The molecule has 3 aromatic rings. The third-order valence-electron chi connectivity index (χ3n) is 7.37. The maximum Gasteiger partial charge on any atom is 0.257 e. The summed E-state index contributed by atoms with van der Waals surface area (Å²) in [5, 5.41) is 6.90. The van der Waals surface area contributed by atoms with Gasteiger partial charge in [0.25, 0.3) is 5.91 Å². The van der Waals surface area contributed by atoms with Crippen LogP contribution in [-0.2, 0) is 0 Å². The van der Waals surface area contributed by atoms with E-state index in [0.29, 0.717) is 23.3 Å². The average Bonchev–Trinajstić information content (AvgIpc) is 3.31. The van der Waals surface area contributed by atoms with Gasteiger partial charge in [-0.2, -0.15) is 0 Å². The Bertz CT molecular complexity index is 1220. The molecule has 1 aliphatic carbocycles. The van der Waals surface area contributed by atoms with Crippen molar-refractivity contribution in [3.8, 4) is 0 Å². The van der Waals surface area contributed by atoms with Gasteiger partial charge >= 0.3 is 0 Å². The maximum atomic E-state index is 13.4. The Morgan fingerprint density at radius 3 is 2.52 bits per heavy atom. The summed E-state index contributed by atoms with van der Waals surface area (Å²) in [7, 11) is 0. The van der Waals surface area contributed by atoms with E-state index in [2.05, 4.69) is 86.9 Å². The fourth-order valence-corrected chi connectivity index (χ4v) is 5.25. The lowest BCUT2D eigenvalue weighted by molar-refractivity contribution is 0.102. The van der Waals surface area contributed by atoms with Crippen molar-refractivity contribution in [1.82, 2.24) is 0 Å². The second kappa shape index (κ2) is 8.55. The van der Waals surface area contributed by atoms with Gasteiger partial charge in [0.1, 0.15) is 0 Å². The summed E-state index contributed by atoms with van der Waals surface area (Å²) in [4.78, 5) is 13.4. The number of carbonyl (C=O) groups is 1. The molecule has 3 aromatic carbocycles. The predicted molar refractivity (Wildman–Crippen MR) is 137 cm³/mol. The summed E-state index contributed by atoms with van der Waals surface area (Å²) in [6.07, 6.45) is 5.67. The quantitative estimate of drug-likeness (QED) is 0.416. The van der Waals surface area contributed by atoms with Crippen LogP contribution < -0.4 is 10.6 Å². The van der Waals surface area contributed by atoms with E-state index in [4.69, 9.17) is 0 Å². The molecule has 3 atom stereocenters. The van der Waals surface area contributed by atoms with E-state index in [1.54, 1.807) is 0 Å². The Morgan fingerprint density at radius 2 is 1.79 bits per heavy atom. The summed E-state index contributed by atoms with van der Waals surface area (Å²) >= 11 is 0. The van der Waals surface area contributed by atoms with Crippen molar-refractivity contribution in [3.05, 3.63) is 106 Å². The lowest BCUT2D eigenvalue weighted by Gasteiger charge is -2.38. The summed E-state index contributed by atoms with van der Waals surface area (Å²) in [5.74, 6) is 1.23. The zero-order chi connectivity index (χ0) is 23.1. The minimum Gasteiger partial charge on any atom is -0.377 e. The molecule has 2 N–H and O–H groups in total.